The van der Waals surface area contributed by atoms with Crippen molar-refractivity contribution >= 4 is 16.9 Å². The molecule has 0 aliphatic heterocycles. The number of aromatic amines is 1. The van der Waals surface area contributed by atoms with Gasteiger partial charge in [0.2, 0.25) is 0 Å². The van der Waals surface area contributed by atoms with Gasteiger partial charge in [-0.2, -0.15) is 0 Å². The number of esters is 1. The van der Waals surface area contributed by atoms with E-state index in [2.05, 4.69) is 11.6 Å². The Hall–Kier alpha value is -2.03. The number of rotatable bonds is 3. The van der Waals surface area contributed by atoms with E-state index in [0.29, 0.717) is 5.56 Å². The summed E-state index contributed by atoms with van der Waals surface area (Å²) < 4.78 is 5.06. The van der Waals surface area contributed by atoms with E-state index in [9.17, 15) is 4.79 Å². The van der Waals surface area contributed by atoms with Gasteiger partial charge in [0.25, 0.3) is 0 Å². The summed E-state index contributed by atoms with van der Waals surface area (Å²) >= 11 is 0. The van der Waals surface area contributed by atoms with E-state index in [-0.39, 0.29) is 12.6 Å². The minimum Gasteiger partial charge on any atom is -0.458 e. The van der Waals surface area contributed by atoms with Gasteiger partial charge >= 0.3 is 5.97 Å². The number of carbonyl (C=O) groups excluding carboxylic acids is 1. The SMILES string of the molecule is C=CCOC(=O)c1ccc2c3c([nH]c2c1)CCCC3. The molecule has 0 atom stereocenters. The van der Waals surface area contributed by atoms with Crippen molar-refractivity contribution in [1.29, 1.82) is 0 Å². The van der Waals surface area contributed by atoms with E-state index in [1.54, 1.807) is 6.08 Å². The van der Waals surface area contributed by atoms with Crippen LogP contribution in [0.5, 0.6) is 0 Å². The van der Waals surface area contributed by atoms with Crippen LogP contribution in [0, 0.1) is 0 Å². The standard InChI is InChI=1S/C16H17NO2/c1-2-9-19-16(18)11-7-8-13-12-5-3-4-6-14(12)17-15(13)10-11/h2,7-8,10,17H,1,3-6,9H2. The minimum absolute atomic E-state index is 0.248. The molecule has 1 aliphatic rings. The summed E-state index contributed by atoms with van der Waals surface area (Å²) in [5.41, 5.74) is 4.39. The fourth-order valence-corrected chi connectivity index (χ4v) is 2.76. The third-order valence-electron chi connectivity index (χ3n) is 3.67. The van der Waals surface area contributed by atoms with Gasteiger partial charge < -0.3 is 9.72 Å². The molecule has 0 fully saturated rings. The van der Waals surface area contributed by atoms with Gasteiger partial charge in [0.15, 0.2) is 0 Å². The van der Waals surface area contributed by atoms with Crippen molar-refractivity contribution in [2.24, 2.45) is 0 Å². The Morgan fingerprint density at radius 2 is 2.21 bits per heavy atom. The highest BCUT2D eigenvalue weighted by molar-refractivity contribution is 5.95. The van der Waals surface area contributed by atoms with Gasteiger partial charge in [0.1, 0.15) is 6.61 Å². The molecule has 0 unspecified atom stereocenters. The van der Waals surface area contributed by atoms with E-state index < -0.39 is 0 Å². The number of aromatic nitrogens is 1. The summed E-state index contributed by atoms with van der Waals surface area (Å²) in [4.78, 5) is 15.2. The van der Waals surface area contributed by atoms with Gasteiger partial charge in [-0.25, -0.2) is 4.79 Å². The van der Waals surface area contributed by atoms with Gasteiger partial charge in [-0.1, -0.05) is 18.7 Å². The highest BCUT2D eigenvalue weighted by Crippen LogP contribution is 2.29. The lowest BCUT2D eigenvalue weighted by molar-refractivity contribution is 0.0550. The maximum atomic E-state index is 11.8. The molecule has 1 aliphatic carbocycles. The van der Waals surface area contributed by atoms with Crippen LogP contribution in [0.3, 0.4) is 0 Å². The fraction of sp³-hybridized carbons (Fsp3) is 0.312. The zero-order chi connectivity index (χ0) is 13.2. The summed E-state index contributed by atoms with van der Waals surface area (Å²) in [7, 11) is 0. The molecule has 0 spiro atoms. The number of aryl methyl sites for hydroxylation is 2. The van der Waals surface area contributed by atoms with Crippen LogP contribution in [0.4, 0.5) is 0 Å². The molecule has 3 nitrogen and oxygen atoms in total. The molecule has 0 amide bonds. The molecular formula is C16H17NO2. The van der Waals surface area contributed by atoms with Crippen LogP contribution < -0.4 is 0 Å². The Kier molecular flexibility index (Phi) is 3.11. The van der Waals surface area contributed by atoms with E-state index >= 15 is 0 Å². The van der Waals surface area contributed by atoms with E-state index in [0.717, 1.165) is 18.4 Å². The first-order valence-corrected chi connectivity index (χ1v) is 6.71. The van der Waals surface area contributed by atoms with Gasteiger partial charge in [0, 0.05) is 16.6 Å². The molecule has 3 rings (SSSR count). The zero-order valence-electron chi connectivity index (χ0n) is 10.9. The molecule has 98 valence electrons. The van der Waals surface area contributed by atoms with Crippen molar-refractivity contribution in [3.05, 3.63) is 47.7 Å². The Morgan fingerprint density at radius 3 is 3.05 bits per heavy atom. The molecule has 0 saturated carbocycles. The Bertz CT molecular complexity index is 639. The molecule has 1 N–H and O–H groups in total. The molecule has 19 heavy (non-hydrogen) atoms. The Balaban J connectivity index is 1.97. The number of hydrogen-bond acceptors (Lipinski definition) is 2. The number of H-pyrrole nitrogens is 1. The largest absolute Gasteiger partial charge is 0.458 e. The summed E-state index contributed by atoms with van der Waals surface area (Å²) in [6.45, 7) is 3.78. The monoisotopic (exact) mass is 255 g/mol. The van der Waals surface area contributed by atoms with Crippen molar-refractivity contribution in [3.8, 4) is 0 Å². The van der Waals surface area contributed by atoms with Crippen LogP contribution in [-0.2, 0) is 17.6 Å². The maximum absolute atomic E-state index is 11.8. The summed E-state index contributed by atoms with van der Waals surface area (Å²) in [6.07, 6.45) is 6.32. The van der Waals surface area contributed by atoms with Crippen molar-refractivity contribution < 1.29 is 9.53 Å². The normalized spacial score (nSPS) is 14.1. The lowest BCUT2D eigenvalue weighted by Crippen LogP contribution is -2.04. The second-order valence-electron chi connectivity index (χ2n) is 4.94. The topological polar surface area (TPSA) is 42.1 Å². The van der Waals surface area contributed by atoms with Crippen molar-refractivity contribution in [2.75, 3.05) is 6.61 Å². The van der Waals surface area contributed by atoms with E-state index in [4.69, 9.17) is 4.74 Å². The van der Waals surface area contributed by atoms with Crippen LogP contribution in [0.15, 0.2) is 30.9 Å². The zero-order valence-corrected chi connectivity index (χ0v) is 10.9. The number of benzene rings is 1. The predicted molar refractivity (Wildman–Crippen MR) is 75.4 cm³/mol. The van der Waals surface area contributed by atoms with Crippen molar-refractivity contribution in [1.82, 2.24) is 4.98 Å². The molecule has 1 aromatic heterocycles. The van der Waals surface area contributed by atoms with E-state index in [1.165, 1.54) is 29.5 Å². The molecule has 0 bridgehead atoms. The van der Waals surface area contributed by atoms with E-state index in [1.807, 2.05) is 18.2 Å². The van der Waals surface area contributed by atoms with Crippen LogP contribution in [-0.4, -0.2) is 17.6 Å². The first-order chi connectivity index (χ1) is 9.29. The molecule has 3 heteroatoms. The molecule has 0 radical (unpaired) electrons. The fourth-order valence-electron chi connectivity index (χ4n) is 2.76. The highest BCUT2D eigenvalue weighted by Gasteiger charge is 2.16. The first-order valence-electron chi connectivity index (χ1n) is 6.71. The number of nitrogens with one attached hydrogen (secondary N) is 1. The van der Waals surface area contributed by atoms with Gasteiger partial charge in [-0.05, 0) is 43.4 Å². The third-order valence-corrected chi connectivity index (χ3v) is 3.67. The molecule has 1 aromatic carbocycles. The average Bonchev–Trinajstić information content (AvgIpc) is 2.82. The number of carbonyl (C=O) groups is 1. The average molecular weight is 255 g/mol. The number of fused-ring (bicyclic) bond motifs is 3. The number of hydrogen-bond donors (Lipinski definition) is 1. The lowest BCUT2D eigenvalue weighted by atomic mass is 9.95. The third kappa shape index (κ3) is 2.16. The summed E-state index contributed by atoms with van der Waals surface area (Å²) in [5.74, 6) is -0.297. The van der Waals surface area contributed by atoms with Gasteiger partial charge in [-0.15, -0.1) is 0 Å². The Morgan fingerprint density at radius 1 is 1.37 bits per heavy atom. The molecular weight excluding hydrogens is 238 g/mol. The molecule has 0 saturated heterocycles. The first kappa shape index (κ1) is 12.0. The molecule has 1 heterocycles. The predicted octanol–water partition coefficient (Wildman–Crippen LogP) is 3.39. The van der Waals surface area contributed by atoms with Gasteiger partial charge in [-0.3, -0.25) is 0 Å². The number of ether oxygens (including phenoxy) is 1. The van der Waals surface area contributed by atoms with Crippen molar-refractivity contribution in [2.45, 2.75) is 25.7 Å². The smallest absolute Gasteiger partial charge is 0.338 e. The highest BCUT2D eigenvalue weighted by atomic mass is 16.5. The van der Waals surface area contributed by atoms with Crippen molar-refractivity contribution in [3.63, 3.8) is 0 Å². The summed E-state index contributed by atoms with van der Waals surface area (Å²) in [6, 6.07) is 5.76. The second-order valence-corrected chi connectivity index (χ2v) is 4.94. The Labute approximate surface area is 112 Å². The lowest BCUT2D eigenvalue weighted by Gasteiger charge is -2.10. The van der Waals surface area contributed by atoms with Crippen LogP contribution >= 0.6 is 0 Å². The van der Waals surface area contributed by atoms with Crippen LogP contribution in [0.25, 0.3) is 10.9 Å². The van der Waals surface area contributed by atoms with Crippen LogP contribution in [0.2, 0.25) is 0 Å². The van der Waals surface area contributed by atoms with Gasteiger partial charge in [0.05, 0.1) is 5.56 Å². The second kappa shape index (κ2) is 4.92. The molecule has 2 aromatic rings. The minimum atomic E-state index is -0.297. The van der Waals surface area contributed by atoms with Crippen LogP contribution in [0.1, 0.15) is 34.5 Å². The maximum Gasteiger partial charge on any atom is 0.338 e. The quantitative estimate of drug-likeness (QED) is 0.674. The summed E-state index contributed by atoms with van der Waals surface area (Å²) in [5, 5.41) is 1.25.